The molecule has 0 fully saturated rings. The maximum Gasteiger partial charge on any atom is 0.254 e. The fraction of sp³-hybridized carbons (Fsp3) is 0.0833. The summed E-state index contributed by atoms with van der Waals surface area (Å²) in [4.78, 5) is 19.0. The van der Waals surface area contributed by atoms with E-state index in [2.05, 4.69) is 15.3 Å². The Morgan fingerprint density at radius 3 is 2.83 bits per heavy atom. The molecular formula is C12H13N5O. The van der Waals surface area contributed by atoms with Gasteiger partial charge in [-0.3, -0.25) is 4.79 Å². The van der Waals surface area contributed by atoms with Crippen LogP contribution in [0.3, 0.4) is 0 Å². The van der Waals surface area contributed by atoms with Crippen LogP contribution in [0.2, 0.25) is 0 Å². The van der Waals surface area contributed by atoms with E-state index in [1.54, 1.807) is 0 Å². The molecule has 18 heavy (non-hydrogen) atoms. The fourth-order valence-corrected chi connectivity index (χ4v) is 1.53. The molecule has 0 unspecified atom stereocenters. The van der Waals surface area contributed by atoms with Gasteiger partial charge < -0.3 is 16.8 Å². The number of amides is 1. The third-order valence-electron chi connectivity index (χ3n) is 2.35. The predicted octanol–water partition coefficient (Wildman–Crippen LogP) is 1.21. The maximum absolute atomic E-state index is 11.3. The second-order valence-electron chi connectivity index (χ2n) is 3.85. The first-order valence-electron chi connectivity index (χ1n) is 5.32. The second kappa shape index (κ2) is 4.70. The lowest BCUT2D eigenvalue weighted by Gasteiger charge is -2.09. The zero-order chi connectivity index (χ0) is 13.1. The van der Waals surface area contributed by atoms with Crippen LogP contribution in [0.4, 0.5) is 17.5 Å². The number of nitrogens with zero attached hydrogens (tertiary/aromatic N) is 2. The van der Waals surface area contributed by atoms with Crippen LogP contribution in [-0.2, 0) is 0 Å². The quantitative estimate of drug-likeness (QED) is 0.751. The van der Waals surface area contributed by atoms with Gasteiger partial charge in [0.2, 0.25) is 5.95 Å². The van der Waals surface area contributed by atoms with Gasteiger partial charge in [-0.2, -0.15) is 4.98 Å². The summed E-state index contributed by atoms with van der Waals surface area (Å²) in [6.07, 6.45) is 1.31. The van der Waals surface area contributed by atoms with E-state index in [1.165, 1.54) is 6.20 Å². The lowest BCUT2D eigenvalue weighted by Crippen LogP contribution is -2.15. The van der Waals surface area contributed by atoms with Gasteiger partial charge in [-0.05, 0) is 24.6 Å². The molecule has 0 saturated carbocycles. The van der Waals surface area contributed by atoms with Crippen LogP contribution in [0, 0.1) is 6.92 Å². The Hall–Kier alpha value is -2.63. The Morgan fingerprint density at radius 2 is 2.17 bits per heavy atom. The normalized spacial score (nSPS) is 10.1. The minimum atomic E-state index is -0.606. The molecular weight excluding hydrogens is 230 g/mol. The van der Waals surface area contributed by atoms with Crippen LogP contribution in [0.15, 0.2) is 30.5 Å². The third-order valence-corrected chi connectivity index (χ3v) is 2.35. The number of aryl methyl sites for hydroxylation is 1. The topological polar surface area (TPSA) is 107 Å². The number of benzene rings is 1. The molecule has 1 aromatic carbocycles. The second-order valence-corrected chi connectivity index (χ2v) is 3.85. The number of hydrogen-bond acceptors (Lipinski definition) is 5. The van der Waals surface area contributed by atoms with Crippen molar-refractivity contribution in [1.82, 2.24) is 9.97 Å². The number of rotatable bonds is 3. The molecule has 0 bridgehead atoms. The van der Waals surface area contributed by atoms with Gasteiger partial charge >= 0.3 is 0 Å². The summed E-state index contributed by atoms with van der Waals surface area (Å²) in [6.45, 7) is 1.97. The number of hydrogen-bond donors (Lipinski definition) is 3. The van der Waals surface area contributed by atoms with Gasteiger partial charge in [-0.15, -0.1) is 0 Å². The Bertz CT molecular complexity index is 597. The first-order chi connectivity index (χ1) is 8.56. The molecule has 0 aliphatic rings. The number of carbonyl (C=O) groups is 1. The lowest BCUT2D eigenvalue weighted by atomic mass is 10.2. The molecule has 6 heteroatoms. The van der Waals surface area contributed by atoms with Crippen LogP contribution in [0.25, 0.3) is 0 Å². The number of aromatic nitrogens is 2. The van der Waals surface area contributed by atoms with Crippen LogP contribution in [0.5, 0.6) is 0 Å². The monoisotopic (exact) mass is 243 g/mol. The molecule has 0 aliphatic carbocycles. The molecule has 2 rings (SSSR count). The molecule has 6 nitrogen and oxygen atoms in total. The van der Waals surface area contributed by atoms with Crippen molar-refractivity contribution in [1.29, 1.82) is 0 Å². The van der Waals surface area contributed by atoms with E-state index >= 15 is 0 Å². The predicted molar refractivity (Wildman–Crippen MR) is 69.4 cm³/mol. The minimum absolute atomic E-state index is 0.0788. The van der Waals surface area contributed by atoms with Gasteiger partial charge in [-0.25, -0.2) is 4.98 Å². The fourth-order valence-electron chi connectivity index (χ4n) is 1.53. The number of nitrogens with one attached hydrogen (secondary N) is 1. The van der Waals surface area contributed by atoms with Gasteiger partial charge in [0.25, 0.3) is 5.91 Å². The van der Waals surface area contributed by atoms with E-state index in [0.717, 1.165) is 11.3 Å². The largest absolute Gasteiger partial charge is 0.368 e. The van der Waals surface area contributed by atoms with E-state index in [0.29, 0.717) is 5.82 Å². The van der Waals surface area contributed by atoms with Gasteiger partial charge in [0.15, 0.2) is 0 Å². The van der Waals surface area contributed by atoms with Crippen LogP contribution in [0.1, 0.15) is 15.9 Å². The van der Waals surface area contributed by atoms with Crippen molar-refractivity contribution in [3.8, 4) is 0 Å². The van der Waals surface area contributed by atoms with E-state index < -0.39 is 5.91 Å². The Kier molecular flexibility index (Phi) is 3.09. The SMILES string of the molecule is Cc1cccc(Nc2nc(N)ncc2C(N)=O)c1. The van der Waals surface area contributed by atoms with Gasteiger partial charge in [0.05, 0.1) is 0 Å². The highest BCUT2D eigenvalue weighted by Gasteiger charge is 2.11. The maximum atomic E-state index is 11.3. The summed E-state index contributed by atoms with van der Waals surface area (Å²) in [5, 5.41) is 3.00. The van der Waals surface area contributed by atoms with E-state index in [1.807, 2.05) is 31.2 Å². The molecule has 1 heterocycles. The lowest BCUT2D eigenvalue weighted by molar-refractivity contribution is 0.100. The molecule has 2 aromatic rings. The van der Waals surface area contributed by atoms with Crippen molar-refractivity contribution in [3.05, 3.63) is 41.6 Å². The van der Waals surface area contributed by atoms with Crippen molar-refractivity contribution >= 4 is 23.4 Å². The molecule has 5 N–H and O–H groups in total. The molecule has 1 amide bonds. The minimum Gasteiger partial charge on any atom is -0.368 e. The molecule has 1 aromatic heterocycles. The summed E-state index contributed by atoms with van der Waals surface area (Å²) >= 11 is 0. The van der Waals surface area contributed by atoms with Gasteiger partial charge in [0.1, 0.15) is 11.4 Å². The summed E-state index contributed by atoms with van der Waals surface area (Å²) in [6, 6.07) is 7.64. The molecule has 0 atom stereocenters. The summed E-state index contributed by atoms with van der Waals surface area (Å²) in [7, 11) is 0. The molecule has 92 valence electrons. The first-order valence-corrected chi connectivity index (χ1v) is 5.32. The zero-order valence-electron chi connectivity index (χ0n) is 9.84. The Morgan fingerprint density at radius 1 is 1.39 bits per heavy atom. The first kappa shape index (κ1) is 11.8. The van der Waals surface area contributed by atoms with E-state index in [9.17, 15) is 4.79 Å². The van der Waals surface area contributed by atoms with Crippen molar-refractivity contribution in [2.75, 3.05) is 11.1 Å². The highest BCUT2D eigenvalue weighted by molar-refractivity contribution is 5.98. The van der Waals surface area contributed by atoms with E-state index in [-0.39, 0.29) is 11.5 Å². The summed E-state index contributed by atoms with van der Waals surface area (Å²) in [5.41, 5.74) is 12.8. The number of anilines is 3. The average molecular weight is 243 g/mol. The van der Waals surface area contributed by atoms with Crippen molar-refractivity contribution in [2.24, 2.45) is 5.73 Å². The Balaban J connectivity index is 2.39. The smallest absolute Gasteiger partial charge is 0.254 e. The zero-order valence-corrected chi connectivity index (χ0v) is 9.84. The average Bonchev–Trinajstić information content (AvgIpc) is 2.28. The van der Waals surface area contributed by atoms with Gasteiger partial charge in [0, 0.05) is 11.9 Å². The van der Waals surface area contributed by atoms with Gasteiger partial charge in [-0.1, -0.05) is 12.1 Å². The molecule has 0 aliphatic heterocycles. The highest BCUT2D eigenvalue weighted by Crippen LogP contribution is 2.19. The van der Waals surface area contributed by atoms with Crippen LogP contribution < -0.4 is 16.8 Å². The number of nitrogen functional groups attached to an aromatic ring is 1. The molecule has 0 saturated heterocycles. The Labute approximate surface area is 104 Å². The van der Waals surface area contributed by atoms with Crippen LogP contribution in [-0.4, -0.2) is 15.9 Å². The number of carbonyl (C=O) groups excluding carboxylic acids is 1. The standard InChI is InChI=1S/C12H13N5O/c1-7-3-2-4-8(5-7)16-11-9(10(13)18)6-15-12(14)17-11/h2-6H,1H3,(H2,13,18)(H3,14,15,16,17). The third kappa shape index (κ3) is 2.54. The van der Waals surface area contributed by atoms with Crippen molar-refractivity contribution in [2.45, 2.75) is 6.92 Å². The van der Waals surface area contributed by atoms with Crippen molar-refractivity contribution < 1.29 is 4.79 Å². The van der Waals surface area contributed by atoms with Crippen LogP contribution >= 0.6 is 0 Å². The number of primary amides is 1. The highest BCUT2D eigenvalue weighted by atomic mass is 16.1. The summed E-state index contributed by atoms with van der Waals surface area (Å²) < 4.78 is 0. The van der Waals surface area contributed by atoms with E-state index in [4.69, 9.17) is 11.5 Å². The summed E-state index contributed by atoms with van der Waals surface area (Å²) in [5.74, 6) is -0.221. The molecule has 0 spiro atoms. The number of nitrogens with two attached hydrogens (primary N) is 2. The molecule has 0 radical (unpaired) electrons. The van der Waals surface area contributed by atoms with Crippen molar-refractivity contribution in [3.63, 3.8) is 0 Å².